The van der Waals surface area contributed by atoms with Gasteiger partial charge >= 0.3 is 7.12 Å². The molecule has 6 nitrogen and oxygen atoms in total. The average molecular weight is 413 g/mol. The molecule has 1 aliphatic carbocycles. The van der Waals surface area contributed by atoms with Crippen molar-refractivity contribution >= 4 is 23.6 Å². The van der Waals surface area contributed by atoms with Crippen molar-refractivity contribution in [3.63, 3.8) is 0 Å². The summed E-state index contributed by atoms with van der Waals surface area (Å²) in [6.07, 6.45) is 2.57. The Morgan fingerprint density at radius 3 is 2.70 bits per heavy atom. The van der Waals surface area contributed by atoms with Crippen molar-refractivity contribution in [1.29, 1.82) is 0 Å². The van der Waals surface area contributed by atoms with Gasteiger partial charge in [0.1, 0.15) is 23.4 Å². The van der Waals surface area contributed by atoms with E-state index in [0.29, 0.717) is 23.4 Å². The minimum absolute atomic E-state index is 0.196. The van der Waals surface area contributed by atoms with Gasteiger partial charge in [-0.2, -0.15) is 0 Å². The van der Waals surface area contributed by atoms with Gasteiger partial charge in [0, 0.05) is 12.6 Å². The molecule has 1 aromatic carbocycles. The molecule has 1 saturated carbocycles. The normalized spacial score (nSPS) is 23.0. The molecule has 0 bridgehead atoms. The second-order valence-corrected chi connectivity index (χ2v) is 8.55. The number of nitrogens with zero attached hydrogens (tertiary/aromatic N) is 3. The van der Waals surface area contributed by atoms with Crippen LogP contribution in [-0.2, 0) is 9.31 Å². The van der Waals surface area contributed by atoms with Crippen LogP contribution in [0.3, 0.4) is 0 Å². The van der Waals surface area contributed by atoms with Gasteiger partial charge in [-0.25, -0.2) is 13.8 Å². The summed E-state index contributed by atoms with van der Waals surface area (Å²) < 4.78 is 47.2. The highest BCUT2D eigenvalue weighted by atomic mass is 19.3. The van der Waals surface area contributed by atoms with E-state index in [1.54, 1.807) is 12.3 Å². The Morgan fingerprint density at radius 1 is 1.27 bits per heavy atom. The molecule has 0 spiro atoms. The van der Waals surface area contributed by atoms with E-state index in [0.717, 1.165) is 11.2 Å². The SMILES string of the molecule is C[C@@H](Oc1cc(B2OCC(C)(C)O2)cc2ncn(C3CC3(F)F)c12)c1ccccn1. The quantitative estimate of drug-likeness (QED) is 0.598. The molecule has 5 rings (SSSR count). The lowest BCUT2D eigenvalue weighted by Crippen LogP contribution is -2.34. The monoisotopic (exact) mass is 413 g/mol. The smallest absolute Gasteiger partial charge is 0.482 e. The molecule has 2 aromatic heterocycles. The molecule has 2 fully saturated rings. The zero-order valence-electron chi connectivity index (χ0n) is 17.0. The molecule has 0 N–H and O–H groups in total. The van der Waals surface area contributed by atoms with E-state index in [-0.39, 0.29) is 12.5 Å². The number of fused-ring (bicyclic) bond motifs is 1. The van der Waals surface area contributed by atoms with Crippen molar-refractivity contribution in [2.45, 2.75) is 50.9 Å². The second kappa shape index (κ2) is 6.75. The summed E-state index contributed by atoms with van der Waals surface area (Å²) in [6.45, 7) is 6.24. The van der Waals surface area contributed by atoms with Crippen molar-refractivity contribution in [2.24, 2.45) is 0 Å². The van der Waals surface area contributed by atoms with Crippen LogP contribution in [0.2, 0.25) is 0 Å². The lowest BCUT2D eigenvalue weighted by molar-refractivity contribution is 0.101. The summed E-state index contributed by atoms with van der Waals surface area (Å²) in [5.74, 6) is -2.27. The van der Waals surface area contributed by atoms with Gasteiger partial charge in [0.25, 0.3) is 5.92 Å². The zero-order valence-corrected chi connectivity index (χ0v) is 17.0. The first kappa shape index (κ1) is 19.4. The van der Waals surface area contributed by atoms with Gasteiger partial charge in [0.05, 0.1) is 29.7 Å². The minimum atomic E-state index is -2.72. The summed E-state index contributed by atoms with van der Waals surface area (Å²) in [5, 5.41) is 0. The van der Waals surface area contributed by atoms with Crippen LogP contribution in [0, 0.1) is 0 Å². The second-order valence-electron chi connectivity index (χ2n) is 8.55. The highest BCUT2D eigenvalue weighted by Crippen LogP contribution is 2.54. The standard InChI is InChI=1S/C21H22BF2N3O3/c1-13(15-6-4-5-7-25-15)29-17-9-14(22-28-11-20(2,3)30-22)8-16-19(17)27(12-26-16)18-10-21(18,23)24/h4-9,12-13,18H,10-11H2,1-3H3/t13-,18?/m1/s1. The number of benzene rings is 1. The van der Waals surface area contributed by atoms with Crippen LogP contribution in [0.5, 0.6) is 5.75 Å². The maximum absolute atomic E-state index is 13.8. The average Bonchev–Trinajstić information content (AvgIpc) is 3.04. The van der Waals surface area contributed by atoms with Crippen LogP contribution >= 0.6 is 0 Å². The summed E-state index contributed by atoms with van der Waals surface area (Å²) >= 11 is 0. The third-order valence-electron chi connectivity index (χ3n) is 5.47. The number of halogens is 2. The van der Waals surface area contributed by atoms with Gasteiger partial charge in [0.2, 0.25) is 0 Å². The summed E-state index contributed by atoms with van der Waals surface area (Å²) in [6, 6.07) is 8.28. The van der Waals surface area contributed by atoms with E-state index >= 15 is 0 Å². The number of hydrogen-bond acceptors (Lipinski definition) is 5. The Bertz CT molecular complexity index is 1090. The predicted molar refractivity (Wildman–Crippen MR) is 108 cm³/mol. The highest BCUT2D eigenvalue weighted by Gasteiger charge is 2.59. The third-order valence-corrected chi connectivity index (χ3v) is 5.47. The van der Waals surface area contributed by atoms with Crippen LogP contribution in [0.15, 0.2) is 42.9 Å². The molecule has 9 heteroatoms. The number of rotatable bonds is 5. The van der Waals surface area contributed by atoms with Gasteiger partial charge in [-0.1, -0.05) is 6.07 Å². The van der Waals surface area contributed by atoms with Gasteiger partial charge < -0.3 is 18.6 Å². The van der Waals surface area contributed by atoms with E-state index in [1.807, 2.05) is 45.0 Å². The van der Waals surface area contributed by atoms with Gasteiger partial charge in [-0.15, -0.1) is 0 Å². The molecule has 1 unspecified atom stereocenters. The summed E-state index contributed by atoms with van der Waals surface area (Å²) in [7, 11) is -0.565. The van der Waals surface area contributed by atoms with Crippen LogP contribution < -0.4 is 10.2 Å². The third kappa shape index (κ3) is 3.46. The highest BCUT2D eigenvalue weighted by molar-refractivity contribution is 6.62. The first-order valence-corrected chi connectivity index (χ1v) is 9.99. The van der Waals surface area contributed by atoms with E-state index < -0.39 is 24.7 Å². The first-order chi connectivity index (χ1) is 14.2. The topological polar surface area (TPSA) is 58.4 Å². The maximum atomic E-state index is 13.8. The molecule has 30 heavy (non-hydrogen) atoms. The van der Waals surface area contributed by atoms with Crippen molar-refractivity contribution in [1.82, 2.24) is 14.5 Å². The molecule has 2 atom stereocenters. The molecule has 0 radical (unpaired) electrons. The Kier molecular flexibility index (Phi) is 4.38. The molecule has 3 aromatic rings. The molecular weight excluding hydrogens is 391 g/mol. The number of ether oxygens (including phenoxy) is 1. The molecule has 3 heterocycles. The van der Waals surface area contributed by atoms with Crippen LogP contribution in [0.4, 0.5) is 8.78 Å². The fourth-order valence-electron chi connectivity index (χ4n) is 3.78. The van der Waals surface area contributed by atoms with Crippen molar-refractivity contribution in [3.8, 4) is 5.75 Å². The predicted octanol–water partition coefficient (Wildman–Crippen LogP) is 3.67. The fraction of sp³-hybridized carbons (Fsp3) is 0.429. The largest absolute Gasteiger partial charge is 0.494 e. The molecule has 156 valence electrons. The Labute approximate surface area is 173 Å². The van der Waals surface area contributed by atoms with E-state index in [2.05, 4.69) is 9.97 Å². The van der Waals surface area contributed by atoms with Gasteiger partial charge in [-0.3, -0.25) is 4.98 Å². The number of aromatic nitrogens is 3. The first-order valence-electron chi connectivity index (χ1n) is 9.99. The number of hydrogen-bond donors (Lipinski definition) is 0. The van der Waals surface area contributed by atoms with Crippen molar-refractivity contribution in [2.75, 3.05) is 6.61 Å². The van der Waals surface area contributed by atoms with Gasteiger partial charge in [0.15, 0.2) is 0 Å². The van der Waals surface area contributed by atoms with Crippen molar-refractivity contribution < 1.29 is 22.8 Å². The number of alkyl halides is 2. The van der Waals surface area contributed by atoms with E-state index in [9.17, 15) is 8.78 Å². The minimum Gasteiger partial charge on any atom is -0.482 e. The Morgan fingerprint density at radius 2 is 2.07 bits per heavy atom. The van der Waals surface area contributed by atoms with Crippen LogP contribution in [0.1, 0.15) is 45.0 Å². The van der Waals surface area contributed by atoms with E-state index in [1.165, 1.54) is 10.9 Å². The molecule has 1 aliphatic heterocycles. The van der Waals surface area contributed by atoms with Crippen LogP contribution in [0.25, 0.3) is 11.0 Å². The lowest BCUT2D eigenvalue weighted by Gasteiger charge is -2.18. The zero-order chi connectivity index (χ0) is 21.1. The summed E-state index contributed by atoms with van der Waals surface area (Å²) in [5.41, 5.74) is 2.19. The maximum Gasteiger partial charge on any atom is 0.494 e. The Hall–Kier alpha value is -2.52. The van der Waals surface area contributed by atoms with Gasteiger partial charge in [-0.05, 0) is 50.5 Å². The molecule has 0 amide bonds. The molecule has 2 aliphatic rings. The fourth-order valence-corrected chi connectivity index (χ4v) is 3.78. The van der Waals surface area contributed by atoms with Crippen molar-refractivity contribution in [3.05, 3.63) is 48.5 Å². The van der Waals surface area contributed by atoms with Crippen LogP contribution in [-0.4, -0.2) is 39.8 Å². The lowest BCUT2D eigenvalue weighted by atomic mass is 9.79. The number of pyridine rings is 1. The Balaban J connectivity index is 1.57. The van der Waals surface area contributed by atoms with E-state index in [4.69, 9.17) is 14.0 Å². The molecule has 1 saturated heterocycles. The summed E-state index contributed by atoms with van der Waals surface area (Å²) in [4.78, 5) is 8.72. The molecular formula is C21H22BF2N3O3. The number of imidazole rings is 1.